The number of rotatable bonds is 0. The lowest BCUT2D eigenvalue weighted by Crippen LogP contribution is -2.39. The van der Waals surface area contributed by atoms with E-state index >= 15 is 0 Å². The largest absolute Gasteiger partial charge is 0.337 e. The molecular weight excluding hydrogens is 158 g/mol. The molecular formula is C7H13N3O2. The zero-order valence-corrected chi connectivity index (χ0v) is 7.09. The second-order valence-corrected chi connectivity index (χ2v) is 2.86. The van der Waals surface area contributed by atoms with Crippen molar-refractivity contribution in [1.82, 2.24) is 15.5 Å². The van der Waals surface area contributed by atoms with Crippen molar-refractivity contribution < 1.29 is 9.59 Å². The first-order chi connectivity index (χ1) is 5.68. The molecule has 0 atom stereocenters. The molecule has 5 nitrogen and oxygen atoms in total. The average Bonchev–Trinajstić information content (AvgIpc) is 2.05. The molecule has 12 heavy (non-hydrogen) atoms. The lowest BCUT2D eigenvalue weighted by molar-refractivity contribution is -0.120. The van der Waals surface area contributed by atoms with Crippen LogP contribution in [0, 0.1) is 0 Å². The molecule has 68 valence electrons. The van der Waals surface area contributed by atoms with E-state index in [-0.39, 0.29) is 5.91 Å². The molecule has 3 amide bonds. The average molecular weight is 171 g/mol. The number of nitrogens with zero attached hydrogens (tertiary/aromatic N) is 1. The molecule has 2 N–H and O–H groups in total. The topological polar surface area (TPSA) is 61.4 Å². The number of likely N-dealkylation sites (N-methyl/N-ethyl adjacent to an activating group) is 1. The standard InChI is InChI=1S/C7H13N3O2/c1-10-4-2-6(11)9-7(12)8-3-5-10/h2-5H2,1H3,(H2,8,9,11,12). The molecule has 0 unspecified atom stereocenters. The third-order valence-corrected chi connectivity index (χ3v) is 1.75. The monoisotopic (exact) mass is 171 g/mol. The molecule has 1 heterocycles. The maximum Gasteiger partial charge on any atom is 0.321 e. The van der Waals surface area contributed by atoms with E-state index in [1.54, 1.807) is 0 Å². The summed E-state index contributed by atoms with van der Waals surface area (Å²) in [4.78, 5) is 23.8. The molecule has 1 saturated heterocycles. The summed E-state index contributed by atoms with van der Waals surface area (Å²) in [7, 11) is 1.92. The Hall–Kier alpha value is -1.10. The highest BCUT2D eigenvalue weighted by Gasteiger charge is 2.11. The summed E-state index contributed by atoms with van der Waals surface area (Å²) < 4.78 is 0. The minimum absolute atomic E-state index is 0.221. The summed E-state index contributed by atoms with van der Waals surface area (Å²) in [6.07, 6.45) is 0.379. The fraction of sp³-hybridized carbons (Fsp3) is 0.714. The molecule has 0 bridgehead atoms. The van der Waals surface area contributed by atoms with Gasteiger partial charge in [-0.1, -0.05) is 0 Å². The van der Waals surface area contributed by atoms with Crippen LogP contribution in [0.1, 0.15) is 6.42 Å². The Morgan fingerprint density at radius 3 is 2.83 bits per heavy atom. The van der Waals surface area contributed by atoms with Gasteiger partial charge in [0.25, 0.3) is 0 Å². The van der Waals surface area contributed by atoms with Crippen LogP contribution in [0.15, 0.2) is 0 Å². The van der Waals surface area contributed by atoms with E-state index < -0.39 is 6.03 Å². The van der Waals surface area contributed by atoms with Crippen LogP contribution in [0.2, 0.25) is 0 Å². The number of hydrogen-bond acceptors (Lipinski definition) is 3. The lowest BCUT2D eigenvalue weighted by atomic mass is 10.4. The summed E-state index contributed by atoms with van der Waals surface area (Å²) in [5.74, 6) is -0.221. The minimum atomic E-state index is -0.393. The van der Waals surface area contributed by atoms with E-state index in [4.69, 9.17) is 0 Å². The second-order valence-electron chi connectivity index (χ2n) is 2.86. The molecule has 0 aromatic heterocycles. The summed E-state index contributed by atoms with van der Waals surface area (Å²) in [5, 5.41) is 4.80. The van der Waals surface area contributed by atoms with Gasteiger partial charge in [0, 0.05) is 26.1 Å². The Kier molecular flexibility index (Phi) is 3.04. The minimum Gasteiger partial charge on any atom is -0.337 e. The van der Waals surface area contributed by atoms with Crippen LogP contribution >= 0.6 is 0 Å². The van der Waals surface area contributed by atoms with Crippen molar-refractivity contribution in [2.24, 2.45) is 0 Å². The maximum atomic E-state index is 10.9. The highest BCUT2D eigenvalue weighted by atomic mass is 16.2. The van der Waals surface area contributed by atoms with Gasteiger partial charge in [-0.25, -0.2) is 4.79 Å². The number of nitrogens with one attached hydrogen (secondary N) is 2. The highest BCUT2D eigenvalue weighted by Crippen LogP contribution is 1.89. The molecule has 5 heteroatoms. The van der Waals surface area contributed by atoms with Crippen molar-refractivity contribution in [3.63, 3.8) is 0 Å². The van der Waals surface area contributed by atoms with E-state index in [9.17, 15) is 9.59 Å². The molecule has 0 aromatic carbocycles. The normalized spacial score (nSPS) is 21.8. The van der Waals surface area contributed by atoms with Gasteiger partial charge in [-0.05, 0) is 7.05 Å². The van der Waals surface area contributed by atoms with Gasteiger partial charge in [-0.3, -0.25) is 10.1 Å². The van der Waals surface area contributed by atoms with Crippen LogP contribution in [0.4, 0.5) is 4.79 Å². The summed E-state index contributed by atoms with van der Waals surface area (Å²) in [5.41, 5.74) is 0. The SMILES string of the molecule is CN1CCNC(=O)NC(=O)CC1. The quantitative estimate of drug-likeness (QED) is 0.499. The zero-order chi connectivity index (χ0) is 8.97. The molecule has 1 fully saturated rings. The van der Waals surface area contributed by atoms with Gasteiger partial charge in [0.15, 0.2) is 0 Å². The van der Waals surface area contributed by atoms with Gasteiger partial charge < -0.3 is 10.2 Å². The third-order valence-electron chi connectivity index (χ3n) is 1.75. The molecule has 1 aliphatic rings. The lowest BCUT2D eigenvalue weighted by Gasteiger charge is -2.13. The van der Waals surface area contributed by atoms with Crippen LogP contribution < -0.4 is 10.6 Å². The van der Waals surface area contributed by atoms with Crippen LogP contribution in [0.5, 0.6) is 0 Å². The number of imide groups is 1. The smallest absolute Gasteiger partial charge is 0.321 e. The Balaban J connectivity index is 2.47. The summed E-state index contributed by atoms with van der Waals surface area (Å²) >= 11 is 0. The fourth-order valence-corrected chi connectivity index (χ4v) is 0.998. The van der Waals surface area contributed by atoms with Gasteiger partial charge in [-0.2, -0.15) is 0 Å². The Morgan fingerprint density at radius 1 is 1.33 bits per heavy atom. The van der Waals surface area contributed by atoms with E-state index in [1.807, 2.05) is 11.9 Å². The van der Waals surface area contributed by atoms with Crippen molar-refractivity contribution >= 4 is 11.9 Å². The van der Waals surface area contributed by atoms with E-state index in [0.29, 0.717) is 19.5 Å². The maximum absolute atomic E-state index is 10.9. The van der Waals surface area contributed by atoms with Crippen LogP contribution in [0.3, 0.4) is 0 Å². The number of carbonyl (C=O) groups is 2. The van der Waals surface area contributed by atoms with Gasteiger partial charge in [0.2, 0.25) is 5.91 Å². The summed E-state index contributed by atoms with van der Waals surface area (Å²) in [6, 6.07) is -0.393. The fourth-order valence-electron chi connectivity index (χ4n) is 0.998. The number of hydrogen-bond donors (Lipinski definition) is 2. The Morgan fingerprint density at radius 2 is 2.08 bits per heavy atom. The first kappa shape index (κ1) is 8.99. The van der Waals surface area contributed by atoms with Crippen LogP contribution in [0.25, 0.3) is 0 Å². The first-order valence-electron chi connectivity index (χ1n) is 3.95. The molecule has 0 aromatic rings. The van der Waals surface area contributed by atoms with Gasteiger partial charge in [0.05, 0.1) is 0 Å². The molecule has 0 aliphatic carbocycles. The molecule has 0 saturated carbocycles. The van der Waals surface area contributed by atoms with Crippen molar-refractivity contribution in [2.75, 3.05) is 26.7 Å². The van der Waals surface area contributed by atoms with E-state index in [1.165, 1.54) is 0 Å². The van der Waals surface area contributed by atoms with Crippen molar-refractivity contribution in [3.8, 4) is 0 Å². The van der Waals surface area contributed by atoms with E-state index in [0.717, 1.165) is 6.54 Å². The molecule has 1 rings (SSSR count). The number of carbonyl (C=O) groups excluding carboxylic acids is 2. The molecule has 1 aliphatic heterocycles. The van der Waals surface area contributed by atoms with Gasteiger partial charge in [0.1, 0.15) is 0 Å². The van der Waals surface area contributed by atoms with Crippen LogP contribution in [-0.2, 0) is 4.79 Å². The third kappa shape index (κ3) is 2.87. The first-order valence-corrected chi connectivity index (χ1v) is 3.95. The van der Waals surface area contributed by atoms with Gasteiger partial charge in [-0.15, -0.1) is 0 Å². The molecule has 0 spiro atoms. The predicted octanol–water partition coefficient (Wildman–Crippen LogP) is -0.852. The predicted molar refractivity (Wildman–Crippen MR) is 43.7 cm³/mol. The second kappa shape index (κ2) is 4.06. The number of urea groups is 1. The Labute approximate surface area is 71.1 Å². The number of amides is 3. The van der Waals surface area contributed by atoms with E-state index in [2.05, 4.69) is 10.6 Å². The van der Waals surface area contributed by atoms with Gasteiger partial charge >= 0.3 is 6.03 Å². The molecule has 0 radical (unpaired) electrons. The zero-order valence-electron chi connectivity index (χ0n) is 7.09. The summed E-state index contributed by atoms with van der Waals surface area (Å²) in [6.45, 7) is 2.05. The van der Waals surface area contributed by atoms with Crippen molar-refractivity contribution in [2.45, 2.75) is 6.42 Å². The Bertz CT molecular complexity index is 193. The highest BCUT2D eigenvalue weighted by molar-refractivity contribution is 5.94. The van der Waals surface area contributed by atoms with Crippen molar-refractivity contribution in [1.29, 1.82) is 0 Å². The van der Waals surface area contributed by atoms with Crippen molar-refractivity contribution in [3.05, 3.63) is 0 Å². The van der Waals surface area contributed by atoms with Crippen LogP contribution in [-0.4, -0.2) is 43.5 Å².